The SMILES string of the molecule is CC(=O)Nc1ccc(NS(=O)(=O)c2ccc(O[C@H](C)C(=O)NCC(C)C)cc2)cc1. The molecule has 0 aromatic heterocycles. The summed E-state index contributed by atoms with van der Waals surface area (Å²) in [6, 6.07) is 12.1. The highest BCUT2D eigenvalue weighted by Gasteiger charge is 2.17. The van der Waals surface area contributed by atoms with E-state index in [2.05, 4.69) is 15.4 Å². The highest BCUT2D eigenvalue weighted by atomic mass is 32.2. The second kappa shape index (κ2) is 10.1. The first-order chi connectivity index (χ1) is 14.1. The number of hydrogen-bond acceptors (Lipinski definition) is 5. The number of carbonyl (C=O) groups excluding carboxylic acids is 2. The third-order valence-corrected chi connectivity index (χ3v) is 5.36. The maximum Gasteiger partial charge on any atom is 0.261 e. The summed E-state index contributed by atoms with van der Waals surface area (Å²) < 4.78 is 33.2. The van der Waals surface area contributed by atoms with Crippen LogP contribution in [-0.4, -0.2) is 32.9 Å². The van der Waals surface area contributed by atoms with E-state index in [0.717, 1.165) is 0 Å². The van der Waals surface area contributed by atoms with E-state index in [0.29, 0.717) is 29.6 Å². The maximum absolute atomic E-state index is 12.6. The largest absolute Gasteiger partial charge is 0.481 e. The number of benzene rings is 2. The van der Waals surface area contributed by atoms with Gasteiger partial charge in [0.1, 0.15) is 5.75 Å². The lowest BCUT2D eigenvalue weighted by Gasteiger charge is -2.16. The van der Waals surface area contributed by atoms with Crippen molar-refractivity contribution >= 4 is 33.2 Å². The summed E-state index contributed by atoms with van der Waals surface area (Å²) in [5.41, 5.74) is 0.929. The van der Waals surface area contributed by atoms with Crippen molar-refractivity contribution in [3.63, 3.8) is 0 Å². The maximum atomic E-state index is 12.6. The Bertz CT molecular complexity index is 971. The third-order valence-electron chi connectivity index (χ3n) is 3.96. The Hall–Kier alpha value is -3.07. The molecule has 0 fully saturated rings. The lowest BCUT2D eigenvalue weighted by Crippen LogP contribution is -2.38. The van der Waals surface area contributed by atoms with Crippen LogP contribution in [0.2, 0.25) is 0 Å². The van der Waals surface area contributed by atoms with Crippen LogP contribution in [0, 0.1) is 5.92 Å². The van der Waals surface area contributed by atoms with Crippen molar-refractivity contribution in [2.75, 3.05) is 16.6 Å². The normalized spacial score (nSPS) is 12.2. The molecule has 0 saturated carbocycles. The number of rotatable bonds is 9. The molecule has 2 amide bonds. The van der Waals surface area contributed by atoms with Crippen LogP contribution in [0.5, 0.6) is 5.75 Å². The Morgan fingerprint density at radius 3 is 2.03 bits per heavy atom. The molecular formula is C21H27N3O5S. The smallest absolute Gasteiger partial charge is 0.261 e. The zero-order valence-corrected chi connectivity index (χ0v) is 18.2. The van der Waals surface area contributed by atoms with Crippen molar-refractivity contribution in [3.05, 3.63) is 48.5 Å². The van der Waals surface area contributed by atoms with E-state index in [1.165, 1.54) is 31.2 Å². The molecule has 0 bridgehead atoms. The van der Waals surface area contributed by atoms with Crippen LogP contribution in [0.4, 0.5) is 11.4 Å². The van der Waals surface area contributed by atoms with Gasteiger partial charge in [0.05, 0.1) is 4.90 Å². The zero-order valence-electron chi connectivity index (χ0n) is 17.4. The van der Waals surface area contributed by atoms with Gasteiger partial charge in [-0.2, -0.15) is 0 Å². The van der Waals surface area contributed by atoms with Crippen LogP contribution in [0.3, 0.4) is 0 Å². The number of nitrogens with one attached hydrogen (secondary N) is 3. The van der Waals surface area contributed by atoms with Crippen molar-refractivity contribution in [2.45, 2.75) is 38.7 Å². The second-order valence-corrected chi connectivity index (χ2v) is 8.92. The first-order valence-electron chi connectivity index (χ1n) is 9.51. The Kier molecular flexibility index (Phi) is 7.82. The van der Waals surface area contributed by atoms with Gasteiger partial charge in [-0.25, -0.2) is 8.42 Å². The Morgan fingerprint density at radius 2 is 1.50 bits per heavy atom. The molecule has 0 spiro atoms. The van der Waals surface area contributed by atoms with Crippen LogP contribution in [-0.2, 0) is 19.6 Å². The molecular weight excluding hydrogens is 406 g/mol. The van der Waals surface area contributed by atoms with E-state index in [1.807, 2.05) is 13.8 Å². The molecule has 0 radical (unpaired) electrons. The minimum Gasteiger partial charge on any atom is -0.481 e. The molecule has 0 unspecified atom stereocenters. The number of hydrogen-bond donors (Lipinski definition) is 3. The van der Waals surface area contributed by atoms with Crippen molar-refractivity contribution in [1.82, 2.24) is 5.32 Å². The number of amides is 2. The number of anilines is 2. The predicted molar refractivity (Wildman–Crippen MR) is 116 cm³/mol. The van der Waals surface area contributed by atoms with Gasteiger partial charge >= 0.3 is 0 Å². The van der Waals surface area contributed by atoms with Crippen molar-refractivity contribution in [1.29, 1.82) is 0 Å². The summed E-state index contributed by atoms with van der Waals surface area (Å²) in [5.74, 6) is 0.280. The molecule has 3 N–H and O–H groups in total. The molecule has 2 aromatic carbocycles. The summed E-state index contributed by atoms with van der Waals surface area (Å²) >= 11 is 0. The quantitative estimate of drug-likeness (QED) is 0.563. The average molecular weight is 434 g/mol. The van der Waals surface area contributed by atoms with Gasteiger partial charge in [-0.1, -0.05) is 13.8 Å². The molecule has 8 nitrogen and oxygen atoms in total. The van der Waals surface area contributed by atoms with E-state index in [9.17, 15) is 18.0 Å². The Morgan fingerprint density at radius 1 is 0.933 bits per heavy atom. The predicted octanol–water partition coefficient (Wildman–Crippen LogP) is 2.99. The molecule has 2 aromatic rings. The first kappa shape index (κ1) is 23.2. The van der Waals surface area contributed by atoms with Gasteiger partial charge in [0.25, 0.3) is 15.9 Å². The lowest BCUT2D eigenvalue weighted by atomic mass is 10.2. The van der Waals surface area contributed by atoms with Gasteiger partial charge < -0.3 is 15.4 Å². The summed E-state index contributed by atoms with van der Waals surface area (Å²) in [4.78, 5) is 23.1. The van der Waals surface area contributed by atoms with Crippen LogP contribution in [0.25, 0.3) is 0 Å². The van der Waals surface area contributed by atoms with Gasteiger partial charge in [0, 0.05) is 24.8 Å². The van der Waals surface area contributed by atoms with Gasteiger partial charge in [0.15, 0.2) is 6.10 Å². The Balaban J connectivity index is 2.00. The number of carbonyl (C=O) groups is 2. The third kappa shape index (κ3) is 7.07. The van der Waals surface area contributed by atoms with Gasteiger partial charge in [-0.05, 0) is 61.4 Å². The molecule has 0 aliphatic rings. The average Bonchev–Trinajstić information content (AvgIpc) is 2.67. The van der Waals surface area contributed by atoms with Gasteiger partial charge in [-0.15, -0.1) is 0 Å². The molecule has 9 heteroatoms. The Labute approximate surface area is 177 Å². The monoisotopic (exact) mass is 433 g/mol. The standard InChI is InChI=1S/C21H27N3O5S/c1-14(2)13-22-21(26)15(3)29-19-9-11-20(12-10-19)30(27,28)24-18-7-5-17(6-8-18)23-16(4)25/h5-12,14-15,24H,13H2,1-4H3,(H,22,26)(H,23,25)/t15-/m1/s1. The van der Waals surface area contributed by atoms with E-state index in [1.54, 1.807) is 31.2 Å². The number of ether oxygens (including phenoxy) is 1. The summed E-state index contributed by atoms with van der Waals surface area (Å²) in [6.45, 7) is 7.57. The van der Waals surface area contributed by atoms with Crippen LogP contribution >= 0.6 is 0 Å². The fourth-order valence-corrected chi connectivity index (χ4v) is 3.50. The van der Waals surface area contributed by atoms with Crippen LogP contribution in [0.1, 0.15) is 27.7 Å². The first-order valence-corrected chi connectivity index (χ1v) is 11.0. The van der Waals surface area contributed by atoms with E-state index in [-0.39, 0.29) is 16.7 Å². The van der Waals surface area contributed by atoms with Gasteiger partial charge in [-0.3, -0.25) is 14.3 Å². The van der Waals surface area contributed by atoms with Crippen LogP contribution < -0.4 is 20.1 Å². The van der Waals surface area contributed by atoms with E-state index < -0.39 is 16.1 Å². The molecule has 1 atom stereocenters. The topological polar surface area (TPSA) is 114 Å². The summed E-state index contributed by atoms with van der Waals surface area (Å²) in [6.07, 6.45) is -0.702. The summed E-state index contributed by atoms with van der Waals surface area (Å²) in [7, 11) is -3.80. The van der Waals surface area contributed by atoms with E-state index in [4.69, 9.17) is 4.74 Å². The highest BCUT2D eigenvalue weighted by Crippen LogP contribution is 2.21. The van der Waals surface area contributed by atoms with Crippen molar-refractivity contribution in [2.24, 2.45) is 5.92 Å². The molecule has 0 aliphatic carbocycles. The molecule has 162 valence electrons. The van der Waals surface area contributed by atoms with Crippen LogP contribution in [0.15, 0.2) is 53.4 Å². The minimum atomic E-state index is -3.80. The van der Waals surface area contributed by atoms with Gasteiger partial charge in [0.2, 0.25) is 5.91 Å². The van der Waals surface area contributed by atoms with Crippen molar-refractivity contribution in [3.8, 4) is 5.75 Å². The molecule has 0 heterocycles. The highest BCUT2D eigenvalue weighted by molar-refractivity contribution is 7.92. The molecule has 0 aliphatic heterocycles. The number of sulfonamides is 1. The molecule has 30 heavy (non-hydrogen) atoms. The summed E-state index contributed by atoms with van der Waals surface area (Å²) in [5, 5.41) is 5.40. The minimum absolute atomic E-state index is 0.0534. The fraction of sp³-hybridized carbons (Fsp3) is 0.333. The fourth-order valence-electron chi connectivity index (χ4n) is 2.44. The molecule has 2 rings (SSSR count). The zero-order chi connectivity index (χ0) is 22.3. The lowest BCUT2D eigenvalue weighted by molar-refractivity contribution is -0.127. The molecule has 0 saturated heterocycles. The van der Waals surface area contributed by atoms with E-state index >= 15 is 0 Å². The second-order valence-electron chi connectivity index (χ2n) is 7.23. The van der Waals surface area contributed by atoms with Crippen molar-refractivity contribution < 1.29 is 22.7 Å².